The van der Waals surface area contributed by atoms with Gasteiger partial charge in [-0.15, -0.1) is 11.3 Å². The number of hydrogen-bond acceptors (Lipinski definition) is 4. The lowest BCUT2D eigenvalue weighted by atomic mass is 10.1. The van der Waals surface area contributed by atoms with E-state index in [1.54, 1.807) is 11.3 Å². The summed E-state index contributed by atoms with van der Waals surface area (Å²) in [6, 6.07) is 6.20. The van der Waals surface area contributed by atoms with Crippen LogP contribution >= 0.6 is 11.3 Å². The van der Waals surface area contributed by atoms with Gasteiger partial charge in [-0.1, -0.05) is 19.9 Å². The van der Waals surface area contributed by atoms with Crippen LogP contribution in [0.25, 0.3) is 0 Å². The fourth-order valence-corrected chi connectivity index (χ4v) is 2.19. The van der Waals surface area contributed by atoms with Crippen molar-refractivity contribution >= 4 is 17.3 Å². The first-order valence-corrected chi connectivity index (χ1v) is 6.65. The van der Waals surface area contributed by atoms with Gasteiger partial charge in [0.15, 0.2) is 0 Å². The van der Waals surface area contributed by atoms with Crippen LogP contribution in [0.2, 0.25) is 0 Å². The van der Waals surface area contributed by atoms with Crippen molar-refractivity contribution in [1.29, 1.82) is 0 Å². The summed E-state index contributed by atoms with van der Waals surface area (Å²) in [5, 5.41) is 5.35. The second-order valence-electron chi connectivity index (χ2n) is 4.35. The van der Waals surface area contributed by atoms with Gasteiger partial charge in [0.1, 0.15) is 0 Å². The van der Waals surface area contributed by atoms with Crippen LogP contribution in [0.3, 0.4) is 0 Å². The average Bonchev–Trinajstić information content (AvgIpc) is 2.78. The molecule has 0 fully saturated rings. The Hall–Kier alpha value is -1.42. The highest BCUT2D eigenvalue weighted by Crippen LogP contribution is 2.15. The monoisotopic (exact) mass is 247 g/mol. The fourth-order valence-electron chi connectivity index (χ4n) is 1.55. The molecule has 90 valence electrons. The maximum absolute atomic E-state index is 4.51. The van der Waals surface area contributed by atoms with Gasteiger partial charge in [0, 0.05) is 16.3 Å². The molecule has 2 aromatic rings. The van der Waals surface area contributed by atoms with Crippen molar-refractivity contribution in [2.24, 2.45) is 0 Å². The van der Waals surface area contributed by atoms with Crippen molar-refractivity contribution in [1.82, 2.24) is 9.97 Å². The van der Waals surface area contributed by atoms with Crippen molar-refractivity contribution in [3.8, 4) is 0 Å². The Balaban J connectivity index is 2.10. The molecule has 2 rings (SSSR count). The quantitative estimate of drug-likeness (QED) is 0.897. The third-order valence-electron chi connectivity index (χ3n) is 2.47. The zero-order chi connectivity index (χ0) is 12.3. The van der Waals surface area contributed by atoms with Crippen LogP contribution in [-0.4, -0.2) is 9.97 Å². The third kappa shape index (κ3) is 3.27. The van der Waals surface area contributed by atoms with Crippen molar-refractivity contribution in [2.45, 2.75) is 33.2 Å². The van der Waals surface area contributed by atoms with Crippen molar-refractivity contribution < 1.29 is 0 Å². The van der Waals surface area contributed by atoms with Crippen LogP contribution < -0.4 is 5.32 Å². The lowest BCUT2D eigenvalue weighted by Crippen LogP contribution is -2.06. The minimum absolute atomic E-state index is 0.430. The van der Waals surface area contributed by atoms with Gasteiger partial charge in [-0.3, -0.25) is 0 Å². The Kier molecular flexibility index (Phi) is 3.74. The topological polar surface area (TPSA) is 37.8 Å². The normalized spacial score (nSPS) is 10.8. The van der Waals surface area contributed by atoms with E-state index in [1.165, 1.54) is 4.88 Å². The molecule has 0 unspecified atom stereocenters. The molecule has 4 heteroatoms. The summed E-state index contributed by atoms with van der Waals surface area (Å²) in [5.74, 6) is 1.15. The number of aryl methyl sites for hydroxylation is 1. The summed E-state index contributed by atoms with van der Waals surface area (Å²) >= 11 is 1.74. The van der Waals surface area contributed by atoms with Crippen molar-refractivity contribution in [3.63, 3.8) is 0 Å². The second-order valence-corrected chi connectivity index (χ2v) is 5.38. The Morgan fingerprint density at radius 2 is 2.18 bits per heavy atom. The summed E-state index contributed by atoms with van der Waals surface area (Å²) in [6.07, 6.45) is 0. The minimum Gasteiger partial charge on any atom is -0.349 e. The van der Waals surface area contributed by atoms with E-state index in [2.05, 4.69) is 46.6 Å². The predicted molar refractivity (Wildman–Crippen MR) is 72.5 cm³/mol. The van der Waals surface area contributed by atoms with Gasteiger partial charge in [0.05, 0.1) is 6.54 Å². The van der Waals surface area contributed by atoms with Crippen LogP contribution in [-0.2, 0) is 6.54 Å². The first kappa shape index (κ1) is 12.0. The van der Waals surface area contributed by atoms with E-state index in [1.807, 2.05) is 13.0 Å². The highest BCUT2D eigenvalue weighted by atomic mass is 32.1. The van der Waals surface area contributed by atoms with Gasteiger partial charge in [-0.05, 0) is 30.4 Å². The van der Waals surface area contributed by atoms with E-state index >= 15 is 0 Å². The smallest absolute Gasteiger partial charge is 0.223 e. The van der Waals surface area contributed by atoms with Crippen molar-refractivity contribution in [2.75, 3.05) is 5.32 Å². The molecule has 0 aliphatic heterocycles. The van der Waals surface area contributed by atoms with E-state index in [9.17, 15) is 0 Å². The number of thiophene rings is 1. The molecule has 0 radical (unpaired) electrons. The number of hydrogen-bond donors (Lipinski definition) is 1. The van der Waals surface area contributed by atoms with E-state index in [4.69, 9.17) is 0 Å². The fraction of sp³-hybridized carbons (Fsp3) is 0.385. The molecule has 2 heterocycles. The molecule has 0 bridgehead atoms. The molecule has 3 nitrogen and oxygen atoms in total. The van der Waals surface area contributed by atoms with Crippen LogP contribution in [0.4, 0.5) is 5.95 Å². The molecular formula is C13H17N3S. The molecule has 0 amide bonds. The SMILES string of the molecule is Cc1cc(C(C)C)nc(NCc2cccs2)n1. The van der Waals surface area contributed by atoms with Gasteiger partial charge >= 0.3 is 0 Å². The number of nitrogens with one attached hydrogen (secondary N) is 1. The molecule has 0 aliphatic carbocycles. The number of anilines is 1. The van der Waals surface area contributed by atoms with Gasteiger partial charge in [-0.2, -0.15) is 0 Å². The molecular weight excluding hydrogens is 230 g/mol. The molecule has 2 aromatic heterocycles. The third-order valence-corrected chi connectivity index (χ3v) is 3.34. The summed E-state index contributed by atoms with van der Waals surface area (Å²) in [6.45, 7) is 7.08. The highest BCUT2D eigenvalue weighted by molar-refractivity contribution is 7.09. The van der Waals surface area contributed by atoms with E-state index in [-0.39, 0.29) is 0 Å². The van der Waals surface area contributed by atoms with Crippen LogP contribution in [0, 0.1) is 6.92 Å². The summed E-state index contributed by atoms with van der Waals surface area (Å²) in [7, 11) is 0. The largest absolute Gasteiger partial charge is 0.349 e. The van der Waals surface area contributed by atoms with Gasteiger partial charge in [-0.25, -0.2) is 9.97 Å². The predicted octanol–water partition coefficient (Wildman–Crippen LogP) is 3.58. The molecule has 0 saturated carbocycles. The maximum Gasteiger partial charge on any atom is 0.223 e. The number of nitrogens with zero attached hydrogens (tertiary/aromatic N) is 2. The molecule has 17 heavy (non-hydrogen) atoms. The summed E-state index contributed by atoms with van der Waals surface area (Å²) < 4.78 is 0. The Morgan fingerprint density at radius 3 is 2.82 bits per heavy atom. The molecule has 0 spiro atoms. The Labute approximate surface area is 106 Å². The Bertz CT molecular complexity index is 477. The second kappa shape index (κ2) is 5.27. The molecule has 1 N–H and O–H groups in total. The van der Waals surface area contributed by atoms with E-state index in [0.717, 1.165) is 23.9 Å². The van der Waals surface area contributed by atoms with E-state index < -0.39 is 0 Å². The van der Waals surface area contributed by atoms with Crippen LogP contribution in [0.15, 0.2) is 23.6 Å². The first-order valence-electron chi connectivity index (χ1n) is 5.77. The number of rotatable bonds is 4. The molecule has 0 atom stereocenters. The number of aromatic nitrogens is 2. The first-order chi connectivity index (χ1) is 8.15. The van der Waals surface area contributed by atoms with Gasteiger partial charge < -0.3 is 5.32 Å². The summed E-state index contributed by atoms with van der Waals surface area (Å²) in [4.78, 5) is 10.2. The Morgan fingerprint density at radius 1 is 1.35 bits per heavy atom. The zero-order valence-electron chi connectivity index (χ0n) is 10.4. The lowest BCUT2D eigenvalue weighted by Gasteiger charge is -2.09. The summed E-state index contributed by atoms with van der Waals surface area (Å²) in [5.41, 5.74) is 2.10. The van der Waals surface area contributed by atoms with Crippen LogP contribution in [0.1, 0.15) is 36.0 Å². The lowest BCUT2D eigenvalue weighted by molar-refractivity contribution is 0.808. The van der Waals surface area contributed by atoms with Gasteiger partial charge in [0.2, 0.25) is 5.95 Å². The van der Waals surface area contributed by atoms with Crippen LogP contribution in [0.5, 0.6) is 0 Å². The molecule has 0 saturated heterocycles. The average molecular weight is 247 g/mol. The molecule has 0 aromatic carbocycles. The highest BCUT2D eigenvalue weighted by Gasteiger charge is 2.05. The minimum atomic E-state index is 0.430. The maximum atomic E-state index is 4.51. The van der Waals surface area contributed by atoms with Crippen molar-refractivity contribution in [3.05, 3.63) is 39.8 Å². The zero-order valence-corrected chi connectivity index (χ0v) is 11.2. The van der Waals surface area contributed by atoms with E-state index in [0.29, 0.717) is 5.92 Å². The van der Waals surface area contributed by atoms with Gasteiger partial charge in [0.25, 0.3) is 0 Å². The standard InChI is InChI=1S/C13H17N3S/c1-9(2)12-7-10(3)15-13(16-12)14-8-11-5-4-6-17-11/h4-7,9H,8H2,1-3H3,(H,14,15,16). The molecule has 0 aliphatic rings.